The number of methoxy groups -OCH3 is 1. The van der Waals surface area contributed by atoms with E-state index in [2.05, 4.69) is 0 Å². The number of carboxylic acids is 1. The van der Waals surface area contributed by atoms with Crippen molar-refractivity contribution in [3.05, 3.63) is 23.8 Å². The molecular formula is C10H10O6S. The van der Waals surface area contributed by atoms with E-state index in [-0.39, 0.29) is 16.2 Å². The van der Waals surface area contributed by atoms with Crippen molar-refractivity contribution in [2.75, 3.05) is 13.4 Å². The zero-order chi connectivity index (χ0) is 13.2. The molecule has 0 bridgehead atoms. The van der Waals surface area contributed by atoms with Crippen LogP contribution < -0.4 is 4.74 Å². The van der Waals surface area contributed by atoms with E-state index in [0.29, 0.717) is 0 Å². The number of ether oxygens (including phenoxy) is 1. The Labute approximate surface area is 97.7 Å². The minimum atomic E-state index is -3.60. The van der Waals surface area contributed by atoms with Crippen LogP contribution >= 0.6 is 0 Å². The highest BCUT2D eigenvalue weighted by atomic mass is 32.2. The van der Waals surface area contributed by atoms with Crippen molar-refractivity contribution in [2.24, 2.45) is 0 Å². The normalized spacial score (nSPS) is 10.9. The fourth-order valence-corrected chi connectivity index (χ4v) is 2.09. The number of carbonyl (C=O) groups is 2. The zero-order valence-electron chi connectivity index (χ0n) is 9.13. The largest absolute Gasteiger partial charge is 0.495 e. The van der Waals surface area contributed by atoms with Crippen LogP contribution in [-0.2, 0) is 14.6 Å². The Kier molecular flexibility index (Phi) is 3.52. The van der Waals surface area contributed by atoms with Crippen LogP contribution in [0.1, 0.15) is 10.4 Å². The van der Waals surface area contributed by atoms with Crippen molar-refractivity contribution in [1.82, 2.24) is 0 Å². The first-order valence-corrected chi connectivity index (χ1v) is 6.32. The van der Waals surface area contributed by atoms with E-state index >= 15 is 0 Å². The standard InChI is InChI=1S/C10H10O6S/c1-16-7-4-3-6(9(11)10(12)13)5-8(7)17(2,14)15/h3-5H,1-2H3,(H,12,13). The first-order valence-electron chi connectivity index (χ1n) is 4.43. The second-order valence-electron chi connectivity index (χ2n) is 3.27. The quantitative estimate of drug-likeness (QED) is 0.618. The maximum Gasteiger partial charge on any atom is 0.377 e. The average molecular weight is 258 g/mol. The van der Waals surface area contributed by atoms with E-state index in [1.807, 2.05) is 0 Å². The third-order valence-corrected chi connectivity index (χ3v) is 3.14. The highest BCUT2D eigenvalue weighted by Gasteiger charge is 2.20. The van der Waals surface area contributed by atoms with Crippen LogP contribution in [0.2, 0.25) is 0 Å². The van der Waals surface area contributed by atoms with Gasteiger partial charge >= 0.3 is 5.97 Å². The summed E-state index contributed by atoms with van der Waals surface area (Å²) in [5, 5.41) is 8.53. The number of sulfone groups is 1. The van der Waals surface area contributed by atoms with Crippen LogP contribution in [0, 0.1) is 0 Å². The van der Waals surface area contributed by atoms with Crippen molar-refractivity contribution < 1.29 is 27.9 Å². The molecule has 0 unspecified atom stereocenters. The van der Waals surface area contributed by atoms with Gasteiger partial charge in [-0.3, -0.25) is 4.79 Å². The molecule has 0 aromatic heterocycles. The van der Waals surface area contributed by atoms with Crippen LogP contribution in [-0.4, -0.2) is 38.6 Å². The monoisotopic (exact) mass is 258 g/mol. The SMILES string of the molecule is COc1ccc(C(=O)C(=O)O)cc1S(C)(=O)=O. The molecule has 0 saturated carbocycles. The van der Waals surface area contributed by atoms with Crippen molar-refractivity contribution in [3.63, 3.8) is 0 Å². The lowest BCUT2D eigenvalue weighted by atomic mass is 10.1. The Bertz CT molecular complexity index is 572. The summed E-state index contributed by atoms with van der Waals surface area (Å²) < 4.78 is 27.7. The Hall–Kier alpha value is -1.89. The topological polar surface area (TPSA) is 97.7 Å². The molecule has 0 spiro atoms. The van der Waals surface area contributed by atoms with Crippen LogP contribution in [0.3, 0.4) is 0 Å². The minimum absolute atomic E-state index is 0.0643. The van der Waals surface area contributed by atoms with Gasteiger partial charge in [-0.1, -0.05) is 0 Å². The molecule has 7 heteroatoms. The molecule has 92 valence electrons. The third kappa shape index (κ3) is 2.82. The van der Waals surface area contributed by atoms with E-state index in [1.54, 1.807) is 0 Å². The molecule has 0 amide bonds. The number of Topliss-reactive ketones (excluding diaryl/α,β-unsaturated/α-hetero) is 1. The summed E-state index contributed by atoms with van der Waals surface area (Å²) in [6, 6.07) is 3.43. The predicted octanol–water partition coefficient (Wildman–Crippen LogP) is 0.366. The molecule has 0 saturated heterocycles. The van der Waals surface area contributed by atoms with E-state index < -0.39 is 21.6 Å². The predicted molar refractivity (Wildman–Crippen MR) is 58.1 cm³/mol. The smallest absolute Gasteiger partial charge is 0.377 e. The molecule has 0 aliphatic heterocycles. The first kappa shape index (κ1) is 13.2. The number of benzene rings is 1. The van der Waals surface area contributed by atoms with Gasteiger partial charge < -0.3 is 9.84 Å². The number of carboxylic acid groups (broad SMARTS) is 1. The van der Waals surface area contributed by atoms with Crippen LogP contribution in [0.5, 0.6) is 5.75 Å². The van der Waals surface area contributed by atoms with Crippen LogP contribution in [0.25, 0.3) is 0 Å². The Balaban J connectivity index is 3.43. The molecule has 0 heterocycles. The van der Waals surface area contributed by atoms with E-state index in [0.717, 1.165) is 12.3 Å². The van der Waals surface area contributed by atoms with E-state index in [1.165, 1.54) is 19.2 Å². The number of hydrogen-bond acceptors (Lipinski definition) is 5. The lowest BCUT2D eigenvalue weighted by Crippen LogP contribution is -2.13. The van der Waals surface area contributed by atoms with Crippen LogP contribution in [0.4, 0.5) is 0 Å². The Morgan fingerprint density at radius 1 is 1.29 bits per heavy atom. The highest BCUT2D eigenvalue weighted by Crippen LogP contribution is 2.24. The van der Waals surface area contributed by atoms with Gasteiger partial charge in [0.25, 0.3) is 5.78 Å². The Morgan fingerprint density at radius 3 is 2.29 bits per heavy atom. The fraction of sp³-hybridized carbons (Fsp3) is 0.200. The molecule has 0 aliphatic rings. The lowest BCUT2D eigenvalue weighted by molar-refractivity contribution is -0.131. The Morgan fingerprint density at radius 2 is 1.88 bits per heavy atom. The molecule has 0 aliphatic carbocycles. The first-order chi connectivity index (χ1) is 7.77. The summed E-state index contributed by atoms with van der Waals surface area (Å²) in [7, 11) is -2.32. The molecule has 6 nitrogen and oxygen atoms in total. The van der Waals surface area contributed by atoms with Crippen molar-refractivity contribution in [3.8, 4) is 5.75 Å². The third-order valence-electron chi connectivity index (χ3n) is 2.02. The molecule has 0 radical (unpaired) electrons. The van der Waals surface area contributed by atoms with Gasteiger partial charge in [-0.15, -0.1) is 0 Å². The maximum atomic E-state index is 11.4. The highest BCUT2D eigenvalue weighted by molar-refractivity contribution is 7.90. The maximum absolute atomic E-state index is 11.4. The second-order valence-corrected chi connectivity index (χ2v) is 5.26. The van der Waals surface area contributed by atoms with E-state index in [4.69, 9.17) is 9.84 Å². The second kappa shape index (κ2) is 4.54. The summed E-state index contributed by atoms with van der Waals surface area (Å²) in [4.78, 5) is 21.5. The van der Waals surface area contributed by atoms with Gasteiger partial charge in [0.05, 0.1) is 7.11 Å². The molecular weight excluding hydrogens is 248 g/mol. The van der Waals surface area contributed by atoms with Crippen molar-refractivity contribution >= 4 is 21.6 Å². The van der Waals surface area contributed by atoms with Gasteiger partial charge in [0.1, 0.15) is 10.6 Å². The molecule has 0 atom stereocenters. The van der Waals surface area contributed by atoms with Crippen molar-refractivity contribution in [2.45, 2.75) is 4.90 Å². The average Bonchev–Trinajstić information content (AvgIpc) is 2.25. The molecule has 1 aromatic rings. The van der Waals surface area contributed by atoms with Crippen molar-refractivity contribution in [1.29, 1.82) is 0 Å². The summed E-state index contributed by atoms with van der Waals surface area (Å²) in [5.41, 5.74) is -0.210. The van der Waals surface area contributed by atoms with Gasteiger partial charge in [0, 0.05) is 11.8 Å². The van der Waals surface area contributed by atoms with Gasteiger partial charge in [-0.25, -0.2) is 13.2 Å². The van der Waals surface area contributed by atoms with Gasteiger partial charge in [-0.05, 0) is 18.2 Å². The zero-order valence-corrected chi connectivity index (χ0v) is 9.95. The number of hydrogen-bond donors (Lipinski definition) is 1. The number of rotatable bonds is 4. The number of ketones is 1. The summed E-state index contributed by atoms with van der Waals surface area (Å²) >= 11 is 0. The molecule has 0 fully saturated rings. The molecule has 17 heavy (non-hydrogen) atoms. The summed E-state index contributed by atoms with van der Waals surface area (Å²) in [5.74, 6) is -2.75. The number of carbonyl (C=O) groups excluding carboxylic acids is 1. The minimum Gasteiger partial charge on any atom is -0.495 e. The van der Waals surface area contributed by atoms with Gasteiger partial charge in [0.15, 0.2) is 9.84 Å². The molecule has 1 rings (SSSR count). The lowest BCUT2D eigenvalue weighted by Gasteiger charge is -2.07. The summed E-state index contributed by atoms with van der Waals surface area (Å²) in [6.45, 7) is 0. The van der Waals surface area contributed by atoms with Gasteiger partial charge in [-0.2, -0.15) is 0 Å². The number of aliphatic carboxylic acids is 1. The van der Waals surface area contributed by atoms with E-state index in [9.17, 15) is 18.0 Å². The van der Waals surface area contributed by atoms with Crippen LogP contribution in [0.15, 0.2) is 23.1 Å². The molecule has 1 N–H and O–H groups in total. The summed E-state index contributed by atoms with van der Waals surface area (Å²) in [6.07, 6.45) is 0.944. The fourth-order valence-electron chi connectivity index (χ4n) is 1.23. The van der Waals surface area contributed by atoms with Gasteiger partial charge in [0.2, 0.25) is 0 Å². The molecule has 1 aromatic carbocycles.